The van der Waals surface area contributed by atoms with Gasteiger partial charge in [-0.3, -0.25) is 4.79 Å². The summed E-state index contributed by atoms with van der Waals surface area (Å²) in [6.45, 7) is 4.65. The molecule has 0 aliphatic heterocycles. The van der Waals surface area contributed by atoms with Gasteiger partial charge in [-0.2, -0.15) is 0 Å². The van der Waals surface area contributed by atoms with Gasteiger partial charge in [-0.15, -0.1) is 0 Å². The Morgan fingerprint density at radius 1 is 1.08 bits per heavy atom. The molecule has 0 unspecified atom stereocenters. The van der Waals surface area contributed by atoms with Gasteiger partial charge in [-0.25, -0.2) is 8.42 Å². The third-order valence-corrected chi connectivity index (χ3v) is 5.44. The van der Waals surface area contributed by atoms with Gasteiger partial charge in [-0.1, -0.05) is 35.9 Å². The molecule has 134 valence electrons. The highest BCUT2D eigenvalue weighted by Gasteiger charge is 2.15. The summed E-state index contributed by atoms with van der Waals surface area (Å²) in [6, 6.07) is 14.0. The number of aryl methyl sites for hydroxylation is 2. The number of carbonyl (C=O) groups is 1. The molecule has 2 aromatic rings. The van der Waals surface area contributed by atoms with E-state index in [4.69, 9.17) is 4.74 Å². The summed E-state index contributed by atoms with van der Waals surface area (Å²) in [4.78, 5) is 12.0. The molecule has 0 radical (unpaired) electrons. The van der Waals surface area contributed by atoms with Crippen molar-refractivity contribution in [1.29, 1.82) is 0 Å². The van der Waals surface area contributed by atoms with Crippen LogP contribution in [-0.2, 0) is 14.6 Å². The van der Waals surface area contributed by atoms with Crippen LogP contribution in [0.25, 0.3) is 0 Å². The predicted octanol–water partition coefficient (Wildman–Crippen LogP) is 2.66. The van der Waals surface area contributed by atoms with E-state index in [2.05, 4.69) is 5.32 Å². The van der Waals surface area contributed by atoms with Gasteiger partial charge in [0.15, 0.2) is 9.84 Å². The molecule has 0 aromatic heterocycles. The fraction of sp³-hybridized carbons (Fsp3) is 0.316. The first-order valence-corrected chi connectivity index (χ1v) is 9.78. The van der Waals surface area contributed by atoms with E-state index < -0.39 is 9.84 Å². The third kappa shape index (κ3) is 5.90. The minimum atomic E-state index is -3.43. The molecule has 25 heavy (non-hydrogen) atoms. The normalized spacial score (nSPS) is 11.1. The highest BCUT2D eigenvalue weighted by atomic mass is 32.2. The van der Waals surface area contributed by atoms with Gasteiger partial charge in [0.2, 0.25) is 5.91 Å². The maximum absolute atomic E-state index is 12.1. The average molecular weight is 361 g/mol. The number of amides is 1. The minimum Gasteiger partial charge on any atom is -0.491 e. The van der Waals surface area contributed by atoms with Crippen molar-refractivity contribution in [3.63, 3.8) is 0 Å². The molecule has 0 saturated carbocycles. The predicted molar refractivity (Wildman–Crippen MR) is 97.5 cm³/mol. The molecule has 5 nitrogen and oxygen atoms in total. The molecule has 0 fully saturated rings. The molecule has 1 amide bonds. The first-order chi connectivity index (χ1) is 11.9. The fourth-order valence-electron chi connectivity index (χ4n) is 2.37. The summed E-state index contributed by atoms with van der Waals surface area (Å²) < 4.78 is 29.8. The SMILES string of the molecule is Cc1ccc(OCCNC(=O)CCS(=O)(=O)c2ccccc2)c(C)c1. The van der Waals surface area contributed by atoms with Gasteiger partial charge in [-0.05, 0) is 37.6 Å². The molecular formula is C19H23NO4S. The van der Waals surface area contributed by atoms with E-state index in [1.165, 1.54) is 12.1 Å². The minimum absolute atomic E-state index is 0.0687. The summed E-state index contributed by atoms with van der Waals surface area (Å²) in [7, 11) is -3.43. The number of benzene rings is 2. The van der Waals surface area contributed by atoms with Crippen LogP contribution < -0.4 is 10.1 Å². The molecule has 0 saturated heterocycles. The summed E-state index contributed by atoms with van der Waals surface area (Å²) in [5, 5.41) is 2.68. The molecule has 0 aliphatic carbocycles. The van der Waals surface area contributed by atoms with Crippen LogP contribution in [0.4, 0.5) is 0 Å². The fourth-order valence-corrected chi connectivity index (χ4v) is 3.64. The van der Waals surface area contributed by atoms with Crippen LogP contribution in [0.3, 0.4) is 0 Å². The summed E-state index contributed by atoms with van der Waals surface area (Å²) in [5.41, 5.74) is 2.21. The van der Waals surface area contributed by atoms with Gasteiger partial charge in [0.05, 0.1) is 17.2 Å². The maximum atomic E-state index is 12.1. The van der Waals surface area contributed by atoms with E-state index in [-0.39, 0.29) is 23.0 Å². The number of ether oxygens (including phenoxy) is 1. The Bertz CT molecular complexity index is 817. The second-order valence-corrected chi connectivity index (χ2v) is 7.96. The second kappa shape index (κ2) is 8.67. The number of rotatable bonds is 8. The molecule has 0 heterocycles. The van der Waals surface area contributed by atoms with E-state index in [0.717, 1.165) is 16.9 Å². The molecule has 2 aromatic carbocycles. The first kappa shape index (κ1) is 19.0. The van der Waals surface area contributed by atoms with Crippen LogP contribution in [0, 0.1) is 13.8 Å². The number of carbonyl (C=O) groups excluding carboxylic acids is 1. The van der Waals surface area contributed by atoms with E-state index >= 15 is 0 Å². The van der Waals surface area contributed by atoms with Gasteiger partial charge >= 0.3 is 0 Å². The van der Waals surface area contributed by atoms with Crippen molar-refractivity contribution in [2.75, 3.05) is 18.9 Å². The third-order valence-electron chi connectivity index (χ3n) is 3.71. The van der Waals surface area contributed by atoms with Crippen molar-refractivity contribution in [2.45, 2.75) is 25.2 Å². The Morgan fingerprint density at radius 2 is 1.80 bits per heavy atom. The van der Waals surface area contributed by atoms with Crippen LogP contribution in [0.2, 0.25) is 0 Å². The number of hydrogen-bond acceptors (Lipinski definition) is 4. The number of hydrogen-bond donors (Lipinski definition) is 1. The van der Waals surface area contributed by atoms with Crippen molar-refractivity contribution >= 4 is 15.7 Å². The van der Waals surface area contributed by atoms with E-state index in [1.807, 2.05) is 32.0 Å². The summed E-state index contributed by atoms with van der Waals surface area (Å²) in [6.07, 6.45) is -0.0687. The summed E-state index contributed by atoms with van der Waals surface area (Å²) in [5.74, 6) is 0.274. The Kier molecular flexibility index (Phi) is 6.58. The maximum Gasteiger partial charge on any atom is 0.221 e. The largest absolute Gasteiger partial charge is 0.491 e. The molecular weight excluding hydrogens is 338 g/mol. The van der Waals surface area contributed by atoms with Crippen LogP contribution in [0.15, 0.2) is 53.4 Å². The van der Waals surface area contributed by atoms with E-state index in [1.54, 1.807) is 18.2 Å². The molecule has 0 aliphatic rings. The van der Waals surface area contributed by atoms with Crippen molar-refractivity contribution in [2.24, 2.45) is 0 Å². The molecule has 2 rings (SSSR count). The summed E-state index contributed by atoms with van der Waals surface area (Å²) >= 11 is 0. The van der Waals surface area contributed by atoms with Crippen LogP contribution in [-0.4, -0.2) is 33.2 Å². The lowest BCUT2D eigenvalue weighted by Crippen LogP contribution is -2.29. The number of nitrogens with one attached hydrogen (secondary N) is 1. The zero-order valence-electron chi connectivity index (χ0n) is 14.5. The molecule has 0 atom stereocenters. The van der Waals surface area contributed by atoms with E-state index in [9.17, 15) is 13.2 Å². The van der Waals surface area contributed by atoms with Gasteiger partial charge in [0.1, 0.15) is 12.4 Å². The zero-order valence-corrected chi connectivity index (χ0v) is 15.3. The second-order valence-electron chi connectivity index (χ2n) is 5.85. The van der Waals surface area contributed by atoms with Crippen molar-refractivity contribution in [3.05, 3.63) is 59.7 Å². The van der Waals surface area contributed by atoms with Gasteiger partial charge < -0.3 is 10.1 Å². The molecule has 6 heteroatoms. The van der Waals surface area contributed by atoms with Crippen molar-refractivity contribution < 1.29 is 17.9 Å². The zero-order chi connectivity index (χ0) is 18.3. The lowest BCUT2D eigenvalue weighted by atomic mass is 10.1. The Hall–Kier alpha value is -2.34. The van der Waals surface area contributed by atoms with Gasteiger partial charge in [0.25, 0.3) is 0 Å². The highest BCUT2D eigenvalue weighted by Crippen LogP contribution is 2.18. The van der Waals surface area contributed by atoms with Crippen LogP contribution in [0.1, 0.15) is 17.5 Å². The Morgan fingerprint density at radius 3 is 2.48 bits per heavy atom. The molecule has 0 bridgehead atoms. The first-order valence-electron chi connectivity index (χ1n) is 8.13. The topological polar surface area (TPSA) is 72.5 Å². The van der Waals surface area contributed by atoms with Gasteiger partial charge in [0, 0.05) is 6.42 Å². The lowest BCUT2D eigenvalue weighted by molar-refractivity contribution is -0.120. The molecule has 0 spiro atoms. The standard InChI is InChI=1S/C19H23NO4S/c1-15-8-9-18(16(2)14-15)24-12-11-20-19(21)10-13-25(22,23)17-6-4-3-5-7-17/h3-9,14H,10-13H2,1-2H3,(H,20,21). The van der Waals surface area contributed by atoms with Crippen LogP contribution >= 0.6 is 0 Å². The van der Waals surface area contributed by atoms with Crippen molar-refractivity contribution in [3.8, 4) is 5.75 Å². The monoisotopic (exact) mass is 361 g/mol. The number of sulfone groups is 1. The highest BCUT2D eigenvalue weighted by molar-refractivity contribution is 7.91. The quantitative estimate of drug-likeness (QED) is 0.734. The molecule has 1 N–H and O–H groups in total. The van der Waals surface area contributed by atoms with Crippen molar-refractivity contribution in [1.82, 2.24) is 5.32 Å². The Labute approximate surface area is 148 Å². The smallest absolute Gasteiger partial charge is 0.221 e. The Balaban J connectivity index is 1.72. The lowest BCUT2D eigenvalue weighted by Gasteiger charge is -2.10. The van der Waals surface area contributed by atoms with Crippen LogP contribution in [0.5, 0.6) is 5.75 Å². The van der Waals surface area contributed by atoms with E-state index in [0.29, 0.717) is 13.2 Å². The average Bonchev–Trinajstić information content (AvgIpc) is 2.59.